The van der Waals surface area contributed by atoms with Crippen LogP contribution in [0.3, 0.4) is 0 Å². The van der Waals surface area contributed by atoms with Crippen molar-refractivity contribution in [3.8, 4) is 0 Å². The van der Waals surface area contributed by atoms with E-state index < -0.39 is 30.1 Å². The number of carbonyl (C=O) groups is 1. The van der Waals surface area contributed by atoms with Crippen molar-refractivity contribution in [2.45, 2.75) is 57.0 Å². The van der Waals surface area contributed by atoms with Crippen molar-refractivity contribution < 1.29 is 29.2 Å². The number of carbonyl (C=O) groups excluding carboxylic acids is 1. The Balaban J connectivity index is 2.10. The Hall–Kier alpha value is -0.730. The van der Waals surface area contributed by atoms with Crippen LogP contribution in [0.2, 0.25) is 0 Å². The van der Waals surface area contributed by atoms with Crippen molar-refractivity contribution in [1.29, 1.82) is 0 Å². The van der Waals surface area contributed by atoms with Crippen molar-refractivity contribution >= 4 is 5.91 Å². The summed E-state index contributed by atoms with van der Waals surface area (Å²) in [7, 11) is 0. The minimum absolute atomic E-state index is 0.0190. The summed E-state index contributed by atoms with van der Waals surface area (Å²) >= 11 is 0. The van der Waals surface area contributed by atoms with Gasteiger partial charge in [-0.05, 0) is 13.8 Å². The fraction of sp³-hybridized carbons (Fsp3) is 0.917. The molecule has 2 bridgehead atoms. The Morgan fingerprint density at radius 2 is 2.21 bits per heavy atom. The average Bonchev–Trinajstić information content (AvgIpc) is 2.73. The third-order valence-electron chi connectivity index (χ3n) is 3.40. The lowest BCUT2D eigenvalue weighted by Gasteiger charge is -2.42. The van der Waals surface area contributed by atoms with E-state index in [-0.39, 0.29) is 25.2 Å². The van der Waals surface area contributed by atoms with Crippen LogP contribution in [-0.2, 0) is 19.0 Å². The second kappa shape index (κ2) is 5.34. The van der Waals surface area contributed by atoms with Crippen molar-refractivity contribution in [3.63, 3.8) is 0 Å². The van der Waals surface area contributed by atoms with E-state index in [0.717, 1.165) is 0 Å². The van der Waals surface area contributed by atoms with Crippen LogP contribution in [0.5, 0.6) is 0 Å². The molecule has 0 aliphatic carbocycles. The van der Waals surface area contributed by atoms with Gasteiger partial charge in [-0.3, -0.25) is 4.79 Å². The highest BCUT2D eigenvalue weighted by atomic mass is 16.7. The first-order valence-electron chi connectivity index (χ1n) is 6.40. The van der Waals surface area contributed by atoms with Crippen LogP contribution in [0.4, 0.5) is 0 Å². The van der Waals surface area contributed by atoms with E-state index >= 15 is 0 Å². The lowest BCUT2D eigenvalue weighted by Crippen LogP contribution is -2.66. The molecule has 2 heterocycles. The first-order valence-corrected chi connectivity index (χ1v) is 6.40. The average molecular weight is 275 g/mol. The van der Waals surface area contributed by atoms with Crippen molar-refractivity contribution in [2.75, 3.05) is 13.2 Å². The molecule has 7 heteroatoms. The van der Waals surface area contributed by atoms with Gasteiger partial charge in [-0.15, -0.1) is 0 Å². The van der Waals surface area contributed by atoms with E-state index in [9.17, 15) is 15.0 Å². The molecular formula is C12H21NO6. The highest BCUT2D eigenvalue weighted by molar-refractivity contribution is 5.73. The van der Waals surface area contributed by atoms with Gasteiger partial charge in [0.25, 0.3) is 0 Å². The number of aliphatic hydroxyl groups is 2. The Morgan fingerprint density at radius 3 is 2.79 bits per heavy atom. The highest BCUT2D eigenvalue weighted by Crippen LogP contribution is 2.37. The Morgan fingerprint density at radius 1 is 1.53 bits per heavy atom. The maximum absolute atomic E-state index is 11.1. The number of fused-ring (bicyclic) bond motifs is 2. The maximum atomic E-state index is 11.1. The molecule has 1 amide bonds. The highest BCUT2D eigenvalue weighted by Gasteiger charge is 2.59. The number of ether oxygens (including phenoxy) is 3. The largest absolute Gasteiger partial charge is 0.388 e. The van der Waals surface area contributed by atoms with Gasteiger partial charge in [-0.25, -0.2) is 0 Å². The van der Waals surface area contributed by atoms with Crippen LogP contribution < -0.4 is 5.32 Å². The van der Waals surface area contributed by atoms with E-state index in [0.29, 0.717) is 0 Å². The van der Waals surface area contributed by atoms with Crippen LogP contribution in [-0.4, -0.2) is 65.6 Å². The van der Waals surface area contributed by atoms with Crippen molar-refractivity contribution in [3.05, 3.63) is 0 Å². The number of aliphatic hydroxyl groups excluding tert-OH is 2. The molecule has 2 aliphatic rings. The zero-order valence-electron chi connectivity index (χ0n) is 11.3. The molecule has 19 heavy (non-hydrogen) atoms. The van der Waals surface area contributed by atoms with Gasteiger partial charge in [0, 0.05) is 6.92 Å². The van der Waals surface area contributed by atoms with Gasteiger partial charge >= 0.3 is 0 Å². The molecule has 5 atom stereocenters. The lowest BCUT2D eigenvalue weighted by atomic mass is 9.88. The minimum atomic E-state index is -1.18. The Labute approximate surface area is 111 Å². The maximum Gasteiger partial charge on any atom is 0.217 e. The third kappa shape index (κ3) is 2.75. The molecule has 2 fully saturated rings. The van der Waals surface area contributed by atoms with Gasteiger partial charge < -0.3 is 29.7 Å². The van der Waals surface area contributed by atoms with Gasteiger partial charge in [0.2, 0.25) is 5.91 Å². The van der Waals surface area contributed by atoms with E-state index in [4.69, 9.17) is 14.2 Å². The minimum Gasteiger partial charge on any atom is -0.388 e. The lowest BCUT2D eigenvalue weighted by molar-refractivity contribution is -0.239. The number of amides is 1. The molecular weight excluding hydrogens is 254 g/mol. The fourth-order valence-corrected chi connectivity index (χ4v) is 2.38. The SMILES string of the molecule is CC(=O)N[C@H]1C2OCC(COC(C)C)(O2)[C@H](O)[C@@H]1O. The van der Waals surface area contributed by atoms with Gasteiger partial charge in [0.1, 0.15) is 23.9 Å². The van der Waals surface area contributed by atoms with Gasteiger partial charge in [0.15, 0.2) is 6.29 Å². The predicted molar refractivity (Wildman–Crippen MR) is 64.3 cm³/mol. The summed E-state index contributed by atoms with van der Waals surface area (Å²) in [5.74, 6) is -0.318. The fourth-order valence-electron chi connectivity index (χ4n) is 2.38. The van der Waals surface area contributed by atoms with Crippen LogP contribution in [0.15, 0.2) is 0 Å². The summed E-state index contributed by atoms with van der Waals surface area (Å²) in [6, 6.07) is -0.776. The van der Waals surface area contributed by atoms with Crippen LogP contribution in [0.25, 0.3) is 0 Å². The second-order valence-corrected chi connectivity index (χ2v) is 5.38. The van der Waals surface area contributed by atoms with Gasteiger partial charge in [-0.1, -0.05) is 0 Å². The molecule has 0 radical (unpaired) electrons. The molecule has 2 aliphatic heterocycles. The number of nitrogens with one attached hydrogen (secondary N) is 1. The van der Waals surface area contributed by atoms with E-state index in [1.807, 2.05) is 13.8 Å². The smallest absolute Gasteiger partial charge is 0.217 e. The van der Waals surface area contributed by atoms with Crippen molar-refractivity contribution in [2.24, 2.45) is 0 Å². The number of hydrogen-bond donors (Lipinski definition) is 3. The third-order valence-corrected chi connectivity index (χ3v) is 3.40. The molecule has 0 aromatic carbocycles. The standard InChI is InChI=1S/C12H21NO6/c1-6(2)17-4-12-5-18-11(19-12)8(13-7(3)14)9(15)10(12)16/h6,8-11,15-16H,4-5H2,1-3H3,(H,13,14)/t8-,9-,10-,11?,12?/m1/s1. The summed E-state index contributed by atoms with van der Waals surface area (Å²) in [4.78, 5) is 11.1. The summed E-state index contributed by atoms with van der Waals surface area (Å²) in [5, 5.41) is 22.9. The monoisotopic (exact) mass is 275 g/mol. The quantitative estimate of drug-likeness (QED) is 0.594. The molecule has 110 valence electrons. The summed E-state index contributed by atoms with van der Waals surface area (Å²) < 4.78 is 16.6. The topological polar surface area (TPSA) is 97.3 Å². The molecule has 3 N–H and O–H groups in total. The molecule has 2 unspecified atom stereocenters. The summed E-state index contributed by atoms with van der Waals surface area (Å²) in [6.07, 6.45) is -3.12. The van der Waals surface area contributed by atoms with Gasteiger partial charge in [-0.2, -0.15) is 0 Å². The molecule has 0 saturated carbocycles. The summed E-state index contributed by atoms with van der Waals surface area (Å²) in [6.45, 7) is 5.33. The van der Waals surface area contributed by atoms with E-state index in [1.54, 1.807) is 0 Å². The van der Waals surface area contributed by atoms with Crippen LogP contribution in [0.1, 0.15) is 20.8 Å². The number of hydrogen-bond acceptors (Lipinski definition) is 6. The van der Waals surface area contributed by atoms with Crippen LogP contribution >= 0.6 is 0 Å². The molecule has 0 spiro atoms. The molecule has 2 saturated heterocycles. The molecule has 0 aromatic heterocycles. The van der Waals surface area contributed by atoms with E-state index in [2.05, 4.69) is 5.32 Å². The number of rotatable bonds is 4. The zero-order valence-corrected chi connectivity index (χ0v) is 11.3. The van der Waals surface area contributed by atoms with Crippen LogP contribution in [0, 0.1) is 0 Å². The van der Waals surface area contributed by atoms with Gasteiger partial charge in [0.05, 0.1) is 19.3 Å². The zero-order chi connectivity index (χ0) is 14.2. The first kappa shape index (κ1) is 14.7. The van der Waals surface area contributed by atoms with E-state index in [1.165, 1.54) is 6.92 Å². The molecule has 0 aromatic rings. The second-order valence-electron chi connectivity index (χ2n) is 5.38. The Kier molecular flexibility index (Phi) is 4.12. The first-order chi connectivity index (χ1) is 8.85. The summed E-state index contributed by atoms with van der Waals surface area (Å²) in [5.41, 5.74) is -1.07. The normalized spacial score (nSPS) is 41.6. The Bertz CT molecular complexity index is 349. The molecule has 2 rings (SSSR count). The molecule has 7 nitrogen and oxygen atoms in total. The predicted octanol–water partition coefficient (Wildman–Crippen LogP) is -1.24. The van der Waals surface area contributed by atoms with Crippen molar-refractivity contribution in [1.82, 2.24) is 5.32 Å².